The van der Waals surface area contributed by atoms with Crippen LogP contribution in [0.3, 0.4) is 0 Å². The molecule has 0 radical (unpaired) electrons. The predicted octanol–water partition coefficient (Wildman–Crippen LogP) is 7.87. The van der Waals surface area contributed by atoms with Crippen LogP contribution >= 0.6 is 0 Å². The molecule has 0 amide bonds. The van der Waals surface area contributed by atoms with Crippen molar-refractivity contribution >= 4 is 11.3 Å². The van der Waals surface area contributed by atoms with E-state index >= 15 is 0 Å². The Morgan fingerprint density at radius 2 is 1.78 bits per heavy atom. The van der Waals surface area contributed by atoms with E-state index in [9.17, 15) is 0 Å². The van der Waals surface area contributed by atoms with Crippen LogP contribution in [-0.4, -0.2) is 5.71 Å². The first kappa shape index (κ1) is 22.9. The van der Waals surface area contributed by atoms with Crippen LogP contribution in [0.25, 0.3) is 5.57 Å². The molecule has 0 N–H and O–H groups in total. The maximum Gasteiger partial charge on any atom is 0.0632 e. The SMILES string of the molecule is C=C(N=C(C)C)/C(=C\C=C(/C)c1ccc(C)c(CC)c1)C(=C)C(C)CCC. The van der Waals surface area contributed by atoms with E-state index in [4.69, 9.17) is 0 Å². The average molecular weight is 364 g/mol. The number of nitrogens with zero attached hydrogens (tertiary/aromatic N) is 1. The summed E-state index contributed by atoms with van der Waals surface area (Å²) >= 11 is 0. The maximum absolute atomic E-state index is 4.59. The smallest absolute Gasteiger partial charge is 0.0632 e. The van der Waals surface area contributed by atoms with E-state index in [1.807, 2.05) is 13.8 Å². The van der Waals surface area contributed by atoms with Gasteiger partial charge in [0, 0.05) is 11.3 Å². The van der Waals surface area contributed by atoms with Crippen molar-refractivity contribution in [1.29, 1.82) is 0 Å². The lowest BCUT2D eigenvalue weighted by Gasteiger charge is -2.17. The van der Waals surface area contributed by atoms with E-state index < -0.39 is 0 Å². The summed E-state index contributed by atoms with van der Waals surface area (Å²) in [6.07, 6.45) is 7.65. The van der Waals surface area contributed by atoms with Gasteiger partial charge in [-0.15, -0.1) is 0 Å². The summed E-state index contributed by atoms with van der Waals surface area (Å²) in [5.41, 5.74) is 9.24. The highest BCUT2D eigenvalue weighted by Gasteiger charge is 2.13. The van der Waals surface area contributed by atoms with Gasteiger partial charge in [0.05, 0.1) is 5.70 Å². The van der Waals surface area contributed by atoms with Crippen molar-refractivity contribution < 1.29 is 0 Å². The highest BCUT2D eigenvalue weighted by molar-refractivity contribution is 5.81. The first-order chi connectivity index (χ1) is 12.7. The second kappa shape index (κ2) is 10.9. The molecule has 0 bridgehead atoms. The molecule has 0 aliphatic heterocycles. The summed E-state index contributed by atoms with van der Waals surface area (Å²) in [5, 5.41) is 0. The lowest BCUT2D eigenvalue weighted by Crippen LogP contribution is -2.03. The van der Waals surface area contributed by atoms with Gasteiger partial charge < -0.3 is 0 Å². The number of allylic oxidation sites excluding steroid dienone is 4. The third kappa shape index (κ3) is 6.82. The normalized spacial score (nSPS) is 13.3. The van der Waals surface area contributed by atoms with E-state index in [0.29, 0.717) is 5.92 Å². The molecule has 0 saturated heterocycles. The van der Waals surface area contributed by atoms with Crippen molar-refractivity contribution in [3.05, 3.63) is 77.0 Å². The fourth-order valence-corrected chi connectivity index (χ4v) is 3.19. The summed E-state index contributed by atoms with van der Waals surface area (Å²) < 4.78 is 0. The van der Waals surface area contributed by atoms with E-state index in [1.165, 1.54) is 22.3 Å². The number of hydrogen-bond acceptors (Lipinski definition) is 1. The minimum atomic E-state index is 0.421. The summed E-state index contributed by atoms with van der Waals surface area (Å²) in [7, 11) is 0. The van der Waals surface area contributed by atoms with Gasteiger partial charge in [-0.1, -0.05) is 70.7 Å². The van der Waals surface area contributed by atoms with Gasteiger partial charge >= 0.3 is 0 Å². The van der Waals surface area contributed by atoms with Gasteiger partial charge in [-0.25, -0.2) is 0 Å². The van der Waals surface area contributed by atoms with Gasteiger partial charge in [0.25, 0.3) is 0 Å². The van der Waals surface area contributed by atoms with Gasteiger partial charge in [-0.2, -0.15) is 0 Å². The Kier molecular flexibility index (Phi) is 9.21. The van der Waals surface area contributed by atoms with E-state index in [2.05, 4.69) is 83.1 Å². The Morgan fingerprint density at radius 3 is 2.33 bits per heavy atom. The maximum atomic E-state index is 4.59. The Labute approximate surface area is 167 Å². The molecule has 0 heterocycles. The van der Waals surface area contributed by atoms with Crippen LogP contribution in [0.2, 0.25) is 0 Å². The highest BCUT2D eigenvalue weighted by Crippen LogP contribution is 2.28. The zero-order chi connectivity index (χ0) is 20.6. The lowest BCUT2D eigenvalue weighted by atomic mass is 9.89. The zero-order valence-electron chi connectivity index (χ0n) is 18.4. The first-order valence-electron chi connectivity index (χ1n) is 10.1. The van der Waals surface area contributed by atoms with E-state index in [-0.39, 0.29) is 0 Å². The molecule has 0 spiro atoms. The minimum absolute atomic E-state index is 0.421. The highest BCUT2D eigenvalue weighted by atomic mass is 14.7. The molecular formula is C26H37N. The quantitative estimate of drug-likeness (QED) is 0.312. The monoisotopic (exact) mass is 363 g/mol. The van der Waals surface area contributed by atoms with Crippen LogP contribution in [-0.2, 0) is 6.42 Å². The van der Waals surface area contributed by atoms with Crippen molar-refractivity contribution in [3.8, 4) is 0 Å². The molecule has 0 aliphatic rings. The molecule has 0 aliphatic carbocycles. The molecule has 1 nitrogen and oxygen atoms in total. The summed E-state index contributed by atoms with van der Waals surface area (Å²) in [4.78, 5) is 4.59. The van der Waals surface area contributed by atoms with Crippen LogP contribution < -0.4 is 0 Å². The molecule has 1 atom stereocenters. The number of aryl methyl sites for hydroxylation is 2. The van der Waals surface area contributed by atoms with Gasteiger partial charge in [-0.3, -0.25) is 4.99 Å². The van der Waals surface area contributed by atoms with Crippen molar-refractivity contribution in [2.24, 2.45) is 10.9 Å². The second-order valence-corrected chi connectivity index (χ2v) is 7.65. The molecule has 1 heteroatoms. The Balaban J connectivity index is 3.29. The molecule has 27 heavy (non-hydrogen) atoms. The van der Waals surface area contributed by atoms with E-state index in [1.54, 1.807) is 0 Å². The molecule has 1 rings (SSSR count). The summed E-state index contributed by atoms with van der Waals surface area (Å²) in [6, 6.07) is 6.71. The number of hydrogen-bond donors (Lipinski definition) is 0. The Hall–Kier alpha value is -2.15. The molecular weight excluding hydrogens is 326 g/mol. The Bertz CT molecular complexity index is 767. The van der Waals surface area contributed by atoms with Crippen molar-refractivity contribution in [1.82, 2.24) is 0 Å². The molecule has 0 aromatic heterocycles. The second-order valence-electron chi connectivity index (χ2n) is 7.65. The topological polar surface area (TPSA) is 12.4 Å². The summed E-state index contributed by atoms with van der Waals surface area (Å²) in [6.45, 7) is 23.6. The van der Waals surface area contributed by atoms with Crippen LogP contribution in [0.5, 0.6) is 0 Å². The van der Waals surface area contributed by atoms with Crippen molar-refractivity contribution in [2.45, 2.75) is 67.7 Å². The zero-order valence-corrected chi connectivity index (χ0v) is 18.4. The van der Waals surface area contributed by atoms with Crippen molar-refractivity contribution in [2.75, 3.05) is 0 Å². The first-order valence-corrected chi connectivity index (χ1v) is 10.1. The molecule has 0 saturated carbocycles. The fraction of sp³-hybridized carbons (Fsp3) is 0.423. The standard InChI is InChI=1S/C26H37N/c1-10-12-19(5)22(8)26(23(9)27-18(3)4)16-14-21(7)25-15-13-20(6)24(11-2)17-25/h13-17,19H,8-12H2,1-7H3/b21-14+,26-16-. The van der Waals surface area contributed by atoms with Crippen LogP contribution in [0.15, 0.2) is 65.3 Å². The van der Waals surface area contributed by atoms with Crippen molar-refractivity contribution in [3.63, 3.8) is 0 Å². The molecule has 0 fully saturated rings. The third-order valence-electron chi connectivity index (χ3n) is 5.02. The summed E-state index contributed by atoms with van der Waals surface area (Å²) in [5.74, 6) is 0.421. The van der Waals surface area contributed by atoms with Gasteiger partial charge in [0.1, 0.15) is 0 Å². The number of benzene rings is 1. The van der Waals surface area contributed by atoms with Crippen LogP contribution in [0, 0.1) is 12.8 Å². The number of rotatable bonds is 9. The minimum Gasteiger partial charge on any atom is -0.258 e. The third-order valence-corrected chi connectivity index (χ3v) is 5.02. The van der Waals surface area contributed by atoms with Crippen LogP contribution in [0.4, 0.5) is 0 Å². The largest absolute Gasteiger partial charge is 0.258 e. The molecule has 1 aromatic carbocycles. The Morgan fingerprint density at radius 1 is 1.11 bits per heavy atom. The predicted molar refractivity (Wildman–Crippen MR) is 123 cm³/mol. The molecule has 1 unspecified atom stereocenters. The van der Waals surface area contributed by atoms with Crippen LogP contribution in [0.1, 0.15) is 71.1 Å². The van der Waals surface area contributed by atoms with Gasteiger partial charge in [0.15, 0.2) is 0 Å². The molecule has 1 aromatic rings. The molecule has 146 valence electrons. The van der Waals surface area contributed by atoms with Gasteiger partial charge in [0.2, 0.25) is 0 Å². The fourth-order valence-electron chi connectivity index (χ4n) is 3.19. The van der Waals surface area contributed by atoms with Gasteiger partial charge in [-0.05, 0) is 74.3 Å². The van der Waals surface area contributed by atoms with E-state index in [0.717, 1.165) is 41.8 Å². The average Bonchev–Trinajstić information content (AvgIpc) is 2.61. The number of aliphatic imine (C=N–C) groups is 1. The lowest BCUT2D eigenvalue weighted by molar-refractivity contribution is 0.609.